The fourth-order valence-electron chi connectivity index (χ4n) is 3.63. The van der Waals surface area contributed by atoms with Crippen LogP contribution in [-0.4, -0.2) is 34.2 Å². The molecule has 1 aromatic heterocycles. The number of pyridine rings is 1. The van der Waals surface area contributed by atoms with E-state index in [0.717, 1.165) is 30.9 Å². The smallest absolute Gasteiger partial charge is 0.404 e. The number of carbonyl (C=O) groups is 2. The number of benzene rings is 1. The lowest BCUT2D eigenvalue weighted by atomic mass is 9.77. The third-order valence-corrected chi connectivity index (χ3v) is 5.37. The van der Waals surface area contributed by atoms with Gasteiger partial charge in [0, 0.05) is 11.7 Å². The molecule has 30 heavy (non-hydrogen) atoms. The van der Waals surface area contributed by atoms with Crippen LogP contribution in [0.15, 0.2) is 30.3 Å². The number of halogens is 1. The topological polar surface area (TPSA) is 129 Å². The third kappa shape index (κ3) is 4.97. The predicted octanol–water partition coefficient (Wildman–Crippen LogP) is 3.61. The SMILES string of the molecule is Cc1cccc(Nc2nc(N[C@H](C3CCC3)[C@H](C)NC(=O)O)c(F)cc2C(N)=O)c1. The Morgan fingerprint density at radius 1 is 1.27 bits per heavy atom. The molecule has 2 aromatic rings. The molecular formula is C21H26FN5O3. The van der Waals surface area contributed by atoms with E-state index in [9.17, 15) is 14.0 Å². The molecule has 6 N–H and O–H groups in total. The molecule has 1 aromatic carbocycles. The van der Waals surface area contributed by atoms with Gasteiger partial charge >= 0.3 is 6.09 Å². The molecule has 1 saturated carbocycles. The number of amides is 2. The van der Waals surface area contributed by atoms with E-state index in [-0.39, 0.29) is 29.2 Å². The van der Waals surface area contributed by atoms with Crippen LogP contribution >= 0.6 is 0 Å². The Labute approximate surface area is 174 Å². The summed E-state index contributed by atoms with van der Waals surface area (Å²) in [5, 5.41) is 17.6. The minimum atomic E-state index is -1.15. The van der Waals surface area contributed by atoms with Gasteiger partial charge in [0.1, 0.15) is 5.82 Å². The lowest BCUT2D eigenvalue weighted by Gasteiger charge is -2.38. The van der Waals surface area contributed by atoms with E-state index >= 15 is 0 Å². The fraction of sp³-hybridized carbons (Fsp3) is 0.381. The van der Waals surface area contributed by atoms with E-state index in [2.05, 4.69) is 20.9 Å². The van der Waals surface area contributed by atoms with Crippen molar-refractivity contribution in [3.8, 4) is 0 Å². The maximum atomic E-state index is 14.8. The van der Waals surface area contributed by atoms with E-state index in [0.29, 0.717) is 5.69 Å². The second-order valence-electron chi connectivity index (χ2n) is 7.67. The van der Waals surface area contributed by atoms with Crippen molar-refractivity contribution in [2.24, 2.45) is 11.7 Å². The largest absolute Gasteiger partial charge is 0.465 e. The van der Waals surface area contributed by atoms with Gasteiger partial charge in [-0.3, -0.25) is 4.79 Å². The number of carboxylic acid groups (broad SMARTS) is 1. The van der Waals surface area contributed by atoms with Crippen LogP contribution in [0.5, 0.6) is 0 Å². The number of nitrogens with one attached hydrogen (secondary N) is 3. The lowest BCUT2D eigenvalue weighted by Crippen LogP contribution is -2.50. The van der Waals surface area contributed by atoms with Crippen molar-refractivity contribution in [3.05, 3.63) is 47.3 Å². The first-order valence-electron chi connectivity index (χ1n) is 9.84. The van der Waals surface area contributed by atoms with Crippen molar-refractivity contribution in [2.75, 3.05) is 10.6 Å². The molecule has 0 bridgehead atoms. The van der Waals surface area contributed by atoms with Crippen LogP contribution in [0.3, 0.4) is 0 Å². The number of aryl methyl sites for hydroxylation is 1. The second-order valence-corrected chi connectivity index (χ2v) is 7.67. The monoisotopic (exact) mass is 415 g/mol. The number of rotatable bonds is 8. The molecule has 8 nitrogen and oxygen atoms in total. The van der Waals surface area contributed by atoms with Crippen molar-refractivity contribution in [1.29, 1.82) is 0 Å². The van der Waals surface area contributed by atoms with E-state index in [1.54, 1.807) is 13.0 Å². The molecule has 2 amide bonds. The first kappa shape index (κ1) is 21.4. The Morgan fingerprint density at radius 3 is 2.57 bits per heavy atom. The van der Waals surface area contributed by atoms with E-state index < -0.39 is 23.9 Å². The minimum Gasteiger partial charge on any atom is -0.465 e. The number of aromatic nitrogens is 1. The van der Waals surface area contributed by atoms with Crippen molar-refractivity contribution in [1.82, 2.24) is 10.3 Å². The highest BCUT2D eigenvalue weighted by molar-refractivity contribution is 5.98. The molecule has 3 rings (SSSR count). The summed E-state index contributed by atoms with van der Waals surface area (Å²) in [6.07, 6.45) is 1.73. The summed E-state index contributed by atoms with van der Waals surface area (Å²) in [4.78, 5) is 27.2. The zero-order valence-electron chi connectivity index (χ0n) is 16.9. The Balaban J connectivity index is 1.93. The quantitative estimate of drug-likeness (QED) is 0.448. The van der Waals surface area contributed by atoms with Gasteiger partial charge in [0.25, 0.3) is 5.91 Å². The van der Waals surface area contributed by atoms with Gasteiger partial charge in [-0.1, -0.05) is 18.6 Å². The molecule has 9 heteroatoms. The summed E-state index contributed by atoms with van der Waals surface area (Å²) in [5.74, 6) is -1.28. The second kappa shape index (κ2) is 8.98. The average Bonchev–Trinajstić information content (AvgIpc) is 2.61. The van der Waals surface area contributed by atoms with E-state index in [1.807, 2.05) is 25.1 Å². The van der Waals surface area contributed by atoms with Gasteiger partial charge in [-0.25, -0.2) is 14.2 Å². The molecule has 0 spiro atoms. The molecule has 1 fully saturated rings. The highest BCUT2D eigenvalue weighted by Crippen LogP contribution is 2.33. The highest BCUT2D eigenvalue weighted by Gasteiger charge is 2.33. The highest BCUT2D eigenvalue weighted by atomic mass is 19.1. The standard InChI is InChI=1S/C21H26FN5O3/c1-11-5-3-8-14(9-11)25-19-15(18(23)28)10-16(22)20(27-19)26-17(13-6-4-7-13)12(2)24-21(29)30/h3,5,8-10,12-13,17,24H,4,6-7H2,1-2H3,(H2,23,28)(H,29,30)(H2,25,26,27)/t12-,17-/m0/s1. The van der Waals surface area contributed by atoms with Crippen LogP contribution in [0.2, 0.25) is 0 Å². The molecule has 0 aliphatic heterocycles. The Morgan fingerprint density at radius 2 is 2.00 bits per heavy atom. The molecule has 160 valence electrons. The van der Waals surface area contributed by atoms with Crippen LogP contribution in [0.4, 0.5) is 26.5 Å². The number of carbonyl (C=O) groups excluding carboxylic acids is 1. The Hall–Kier alpha value is -3.36. The van der Waals surface area contributed by atoms with Gasteiger partial charge in [-0.05, 0) is 56.4 Å². The Bertz CT molecular complexity index is 948. The van der Waals surface area contributed by atoms with Crippen LogP contribution in [0, 0.1) is 18.7 Å². The minimum absolute atomic E-state index is 0.0638. The molecule has 0 saturated heterocycles. The predicted molar refractivity (Wildman–Crippen MR) is 113 cm³/mol. The summed E-state index contributed by atoms with van der Waals surface area (Å²) in [7, 11) is 0. The number of hydrogen-bond donors (Lipinski definition) is 5. The molecular weight excluding hydrogens is 389 g/mol. The van der Waals surface area contributed by atoms with Crippen molar-refractivity contribution in [3.63, 3.8) is 0 Å². The third-order valence-electron chi connectivity index (χ3n) is 5.37. The summed E-state index contributed by atoms with van der Waals surface area (Å²) in [6.45, 7) is 3.65. The lowest BCUT2D eigenvalue weighted by molar-refractivity contribution is 0.1000. The van der Waals surface area contributed by atoms with Gasteiger partial charge in [-0.2, -0.15) is 0 Å². The Kier molecular flexibility index (Phi) is 6.39. The van der Waals surface area contributed by atoms with Gasteiger partial charge in [0.15, 0.2) is 11.6 Å². The normalized spacial score (nSPS) is 15.6. The van der Waals surface area contributed by atoms with Crippen LogP contribution in [0.1, 0.15) is 42.1 Å². The number of hydrogen-bond acceptors (Lipinski definition) is 5. The van der Waals surface area contributed by atoms with E-state index in [4.69, 9.17) is 10.8 Å². The summed E-state index contributed by atoms with van der Waals surface area (Å²) >= 11 is 0. The summed E-state index contributed by atoms with van der Waals surface area (Å²) < 4.78 is 14.8. The molecule has 1 aliphatic rings. The van der Waals surface area contributed by atoms with Crippen molar-refractivity contribution >= 4 is 29.3 Å². The van der Waals surface area contributed by atoms with Crippen LogP contribution < -0.4 is 21.7 Å². The van der Waals surface area contributed by atoms with Gasteiger partial charge in [0.05, 0.1) is 11.6 Å². The zero-order chi connectivity index (χ0) is 21.8. The number of nitrogens with two attached hydrogens (primary N) is 1. The maximum absolute atomic E-state index is 14.8. The molecule has 1 heterocycles. The maximum Gasteiger partial charge on any atom is 0.404 e. The van der Waals surface area contributed by atoms with Crippen molar-refractivity contribution in [2.45, 2.75) is 45.2 Å². The summed E-state index contributed by atoms with van der Waals surface area (Å²) in [6, 6.07) is 7.66. The van der Waals surface area contributed by atoms with Crippen LogP contribution in [0.25, 0.3) is 0 Å². The number of primary amides is 1. The van der Waals surface area contributed by atoms with Crippen molar-refractivity contribution < 1.29 is 19.1 Å². The number of nitrogens with zero attached hydrogens (tertiary/aromatic N) is 1. The molecule has 0 radical (unpaired) electrons. The average molecular weight is 415 g/mol. The fourth-order valence-corrected chi connectivity index (χ4v) is 3.63. The zero-order valence-corrected chi connectivity index (χ0v) is 16.9. The van der Waals surface area contributed by atoms with E-state index in [1.165, 1.54) is 0 Å². The molecule has 1 aliphatic carbocycles. The van der Waals surface area contributed by atoms with Gasteiger partial charge < -0.3 is 26.8 Å². The molecule has 2 atom stereocenters. The van der Waals surface area contributed by atoms with Crippen LogP contribution in [-0.2, 0) is 0 Å². The summed E-state index contributed by atoms with van der Waals surface area (Å²) in [5.41, 5.74) is 7.03. The molecule has 0 unspecified atom stereocenters. The number of anilines is 3. The van der Waals surface area contributed by atoms with Gasteiger partial charge in [-0.15, -0.1) is 0 Å². The van der Waals surface area contributed by atoms with Gasteiger partial charge in [0.2, 0.25) is 0 Å². The first-order valence-corrected chi connectivity index (χ1v) is 9.84. The first-order chi connectivity index (χ1) is 14.2.